The summed E-state index contributed by atoms with van der Waals surface area (Å²) in [5.74, 6) is -0.844. The highest BCUT2D eigenvalue weighted by Gasteiger charge is 1.99. The van der Waals surface area contributed by atoms with Gasteiger partial charge in [-0.1, -0.05) is 23.7 Å². The van der Waals surface area contributed by atoms with Gasteiger partial charge in [0.25, 0.3) is 0 Å². The number of hydrogen-bond donors (Lipinski definition) is 1. The molecule has 2 aromatic rings. The number of aromatic nitrogens is 1. The van der Waals surface area contributed by atoms with Gasteiger partial charge in [-0.05, 0) is 29.8 Å². The molecule has 0 saturated heterocycles. The van der Waals surface area contributed by atoms with Gasteiger partial charge < -0.3 is 5.11 Å². The Morgan fingerprint density at radius 3 is 2.58 bits per heavy atom. The largest absolute Gasteiger partial charge is 0.481 e. The van der Waals surface area contributed by atoms with Gasteiger partial charge in [0.2, 0.25) is 0 Å². The van der Waals surface area contributed by atoms with Gasteiger partial charge in [-0.3, -0.25) is 9.79 Å². The second-order valence-corrected chi connectivity index (χ2v) is 4.30. The summed E-state index contributed by atoms with van der Waals surface area (Å²) in [6, 6.07) is 10.6. The molecule has 2 rings (SSSR count). The third-order valence-electron chi connectivity index (χ3n) is 2.40. The Morgan fingerprint density at radius 2 is 2.00 bits per heavy atom. The minimum Gasteiger partial charge on any atom is -0.481 e. The van der Waals surface area contributed by atoms with Crippen molar-refractivity contribution >= 4 is 29.5 Å². The predicted octanol–water partition coefficient (Wildman–Crippen LogP) is 3.11. The van der Waals surface area contributed by atoms with E-state index in [2.05, 4.69) is 9.98 Å². The Labute approximate surface area is 115 Å². The van der Waals surface area contributed by atoms with Crippen LogP contribution in [-0.2, 0) is 11.2 Å². The third-order valence-corrected chi connectivity index (χ3v) is 2.63. The van der Waals surface area contributed by atoms with E-state index in [0.29, 0.717) is 5.15 Å². The maximum absolute atomic E-state index is 10.5. The quantitative estimate of drug-likeness (QED) is 0.688. The minimum absolute atomic E-state index is 0.0189. The van der Waals surface area contributed by atoms with Crippen molar-refractivity contribution in [2.45, 2.75) is 6.42 Å². The average Bonchev–Trinajstić information content (AvgIpc) is 2.39. The topological polar surface area (TPSA) is 62.5 Å². The highest BCUT2D eigenvalue weighted by molar-refractivity contribution is 6.29. The van der Waals surface area contributed by atoms with E-state index < -0.39 is 5.97 Å². The van der Waals surface area contributed by atoms with Crippen LogP contribution < -0.4 is 0 Å². The number of benzene rings is 1. The summed E-state index contributed by atoms with van der Waals surface area (Å²) in [5, 5.41) is 9.10. The number of halogens is 1. The maximum atomic E-state index is 10.5. The van der Waals surface area contributed by atoms with Crippen LogP contribution in [0.4, 0.5) is 5.69 Å². The molecule has 0 spiro atoms. The second-order valence-electron chi connectivity index (χ2n) is 3.91. The molecule has 4 nitrogen and oxygen atoms in total. The van der Waals surface area contributed by atoms with E-state index in [9.17, 15) is 4.79 Å². The normalized spacial score (nSPS) is 10.8. The SMILES string of the molecule is O=C(O)Cc1ccc(N=Cc2ccc(Cl)nc2)cc1. The first-order valence-corrected chi connectivity index (χ1v) is 5.97. The molecule has 1 heterocycles. The molecule has 0 radical (unpaired) electrons. The summed E-state index contributed by atoms with van der Waals surface area (Å²) >= 11 is 5.68. The molecule has 0 atom stereocenters. The molecule has 1 aromatic carbocycles. The number of hydrogen-bond acceptors (Lipinski definition) is 3. The highest BCUT2D eigenvalue weighted by Crippen LogP contribution is 2.13. The van der Waals surface area contributed by atoms with E-state index >= 15 is 0 Å². The number of aliphatic imine (C=N–C) groups is 1. The van der Waals surface area contributed by atoms with E-state index in [-0.39, 0.29) is 6.42 Å². The molecule has 1 aromatic heterocycles. The fourth-order valence-electron chi connectivity index (χ4n) is 1.49. The first kappa shape index (κ1) is 13.2. The number of carboxylic acids is 1. The van der Waals surface area contributed by atoms with Crippen LogP contribution in [0.1, 0.15) is 11.1 Å². The Hall–Kier alpha value is -2.20. The number of aliphatic carboxylic acids is 1. The summed E-state index contributed by atoms with van der Waals surface area (Å²) < 4.78 is 0. The Bertz CT molecular complexity index is 592. The Balaban J connectivity index is 2.06. The number of pyridine rings is 1. The van der Waals surface area contributed by atoms with E-state index in [4.69, 9.17) is 16.7 Å². The molecule has 0 aliphatic carbocycles. The van der Waals surface area contributed by atoms with E-state index in [1.54, 1.807) is 42.7 Å². The van der Waals surface area contributed by atoms with Crippen molar-refractivity contribution in [1.82, 2.24) is 4.98 Å². The Morgan fingerprint density at radius 1 is 1.26 bits per heavy atom. The number of carboxylic acid groups (broad SMARTS) is 1. The molecule has 0 aliphatic rings. The lowest BCUT2D eigenvalue weighted by Crippen LogP contribution is -1.99. The summed E-state index contributed by atoms with van der Waals surface area (Å²) in [6.45, 7) is 0. The van der Waals surface area contributed by atoms with Gasteiger partial charge in [0, 0.05) is 18.0 Å². The molecule has 0 amide bonds. The zero-order valence-electron chi connectivity index (χ0n) is 9.95. The van der Waals surface area contributed by atoms with Crippen LogP contribution in [-0.4, -0.2) is 22.3 Å². The lowest BCUT2D eigenvalue weighted by Gasteiger charge is -1.98. The molecule has 0 bridgehead atoms. The van der Waals surface area contributed by atoms with Gasteiger partial charge >= 0.3 is 5.97 Å². The lowest BCUT2D eigenvalue weighted by atomic mass is 10.1. The molecule has 0 aliphatic heterocycles. The first-order chi connectivity index (χ1) is 9.13. The monoisotopic (exact) mass is 274 g/mol. The summed E-state index contributed by atoms with van der Waals surface area (Å²) in [5.41, 5.74) is 2.35. The molecule has 0 fully saturated rings. The third kappa shape index (κ3) is 4.19. The summed E-state index contributed by atoms with van der Waals surface area (Å²) in [7, 11) is 0. The van der Waals surface area contributed by atoms with Gasteiger partial charge in [0.05, 0.1) is 12.1 Å². The van der Waals surface area contributed by atoms with Crippen LogP contribution in [0.3, 0.4) is 0 Å². The van der Waals surface area contributed by atoms with Crippen molar-refractivity contribution in [2.24, 2.45) is 4.99 Å². The summed E-state index contributed by atoms with van der Waals surface area (Å²) in [4.78, 5) is 18.8. The van der Waals surface area contributed by atoms with Crippen molar-refractivity contribution in [1.29, 1.82) is 0 Å². The Kier molecular flexibility index (Phi) is 4.26. The fourth-order valence-corrected chi connectivity index (χ4v) is 1.60. The van der Waals surface area contributed by atoms with E-state index in [1.807, 2.05) is 6.07 Å². The van der Waals surface area contributed by atoms with Crippen molar-refractivity contribution in [3.8, 4) is 0 Å². The molecule has 0 unspecified atom stereocenters. The first-order valence-electron chi connectivity index (χ1n) is 5.60. The summed E-state index contributed by atoms with van der Waals surface area (Å²) in [6.07, 6.45) is 3.32. The van der Waals surface area contributed by atoms with Crippen LogP contribution in [0.2, 0.25) is 5.15 Å². The van der Waals surface area contributed by atoms with Crippen molar-refractivity contribution in [2.75, 3.05) is 0 Å². The zero-order valence-corrected chi connectivity index (χ0v) is 10.7. The van der Waals surface area contributed by atoms with Crippen LogP contribution in [0.15, 0.2) is 47.6 Å². The number of carbonyl (C=O) groups is 1. The van der Waals surface area contributed by atoms with Crippen LogP contribution in [0.25, 0.3) is 0 Å². The molecule has 5 heteroatoms. The molecule has 96 valence electrons. The van der Waals surface area contributed by atoms with Gasteiger partial charge in [-0.15, -0.1) is 0 Å². The minimum atomic E-state index is -0.844. The smallest absolute Gasteiger partial charge is 0.307 e. The zero-order chi connectivity index (χ0) is 13.7. The van der Waals surface area contributed by atoms with Gasteiger partial charge in [-0.25, -0.2) is 4.98 Å². The van der Waals surface area contributed by atoms with Crippen molar-refractivity contribution < 1.29 is 9.90 Å². The maximum Gasteiger partial charge on any atom is 0.307 e. The van der Waals surface area contributed by atoms with E-state index in [1.165, 1.54) is 0 Å². The lowest BCUT2D eigenvalue weighted by molar-refractivity contribution is -0.136. The van der Waals surface area contributed by atoms with Gasteiger partial charge in [0.15, 0.2) is 0 Å². The number of nitrogens with zero attached hydrogens (tertiary/aromatic N) is 2. The van der Waals surface area contributed by atoms with Crippen LogP contribution in [0.5, 0.6) is 0 Å². The average molecular weight is 275 g/mol. The predicted molar refractivity (Wildman–Crippen MR) is 74.3 cm³/mol. The molecular formula is C14H11ClN2O2. The standard InChI is InChI=1S/C14H11ClN2O2/c15-13-6-3-11(9-17-13)8-16-12-4-1-10(2-5-12)7-14(18)19/h1-6,8-9H,7H2,(H,18,19). The number of rotatable bonds is 4. The van der Waals surface area contributed by atoms with Crippen molar-refractivity contribution in [3.05, 3.63) is 58.9 Å². The molecule has 1 N–H and O–H groups in total. The van der Waals surface area contributed by atoms with Crippen LogP contribution in [0, 0.1) is 0 Å². The van der Waals surface area contributed by atoms with Crippen molar-refractivity contribution in [3.63, 3.8) is 0 Å². The van der Waals surface area contributed by atoms with E-state index in [0.717, 1.165) is 16.8 Å². The van der Waals surface area contributed by atoms with Gasteiger partial charge in [0.1, 0.15) is 5.15 Å². The van der Waals surface area contributed by atoms with Gasteiger partial charge in [-0.2, -0.15) is 0 Å². The second kappa shape index (κ2) is 6.11. The molecule has 19 heavy (non-hydrogen) atoms. The van der Waals surface area contributed by atoms with Crippen LogP contribution >= 0.6 is 11.6 Å². The molecule has 0 saturated carbocycles. The molecular weight excluding hydrogens is 264 g/mol. The fraction of sp³-hybridized carbons (Fsp3) is 0.0714. The highest BCUT2D eigenvalue weighted by atomic mass is 35.5.